The highest BCUT2D eigenvalue weighted by Gasteiger charge is 2.31. The molecular formula is C12H13NO2S. The van der Waals surface area contributed by atoms with Gasteiger partial charge < -0.3 is 0 Å². The van der Waals surface area contributed by atoms with Crippen molar-refractivity contribution in [3.63, 3.8) is 0 Å². The molecule has 0 N–H and O–H groups in total. The molecule has 1 aromatic heterocycles. The lowest BCUT2D eigenvalue weighted by Crippen LogP contribution is -2.33. The third-order valence-electron chi connectivity index (χ3n) is 2.59. The number of hydrogen-bond acceptors (Lipinski definition) is 3. The molecule has 84 valence electrons. The Morgan fingerprint density at radius 3 is 2.50 bits per heavy atom. The fraction of sp³-hybridized carbons (Fsp3) is 0.333. The first-order valence-corrected chi connectivity index (χ1v) is 6.20. The number of carbonyl (C=O) groups excluding carboxylic acids is 2. The summed E-state index contributed by atoms with van der Waals surface area (Å²) in [7, 11) is 0. The average molecular weight is 235 g/mol. The van der Waals surface area contributed by atoms with Gasteiger partial charge in [-0.15, -0.1) is 11.3 Å². The minimum atomic E-state index is -0.197. The number of thiophene rings is 1. The quantitative estimate of drug-likeness (QED) is 0.752. The van der Waals surface area contributed by atoms with E-state index in [4.69, 9.17) is 0 Å². The van der Waals surface area contributed by atoms with Crippen LogP contribution in [-0.4, -0.2) is 16.7 Å². The largest absolute Gasteiger partial charge is 0.269 e. The summed E-state index contributed by atoms with van der Waals surface area (Å²) >= 11 is 1.59. The van der Waals surface area contributed by atoms with Crippen molar-refractivity contribution in [1.29, 1.82) is 0 Å². The van der Waals surface area contributed by atoms with Gasteiger partial charge in [-0.1, -0.05) is 19.4 Å². The SMILES string of the molecule is CCCC(c1cccs1)N1C(=O)C=CC1=O. The minimum absolute atomic E-state index is 0.0972. The summed E-state index contributed by atoms with van der Waals surface area (Å²) < 4.78 is 0. The smallest absolute Gasteiger partial charge is 0.254 e. The lowest BCUT2D eigenvalue weighted by Gasteiger charge is -2.24. The second-order valence-electron chi connectivity index (χ2n) is 3.70. The van der Waals surface area contributed by atoms with Gasteiger partial charge in [-0.05, 0) is 17.9 Å². The highest BCUT2D eigenvalue weighted by atomic mass is 32.1. The molecule has 4 heteroatoms. The van der Waals surface area contributed by atoms with E-state index in [1.807, 2.05) is 17.5 Å². The topological polar surface area (TPSA) is 37.4 Å². The Morgan fingerprint density at radius 1 is 1.31 bits per heavy atom. The molecule has 1 aliphatic rings. The van der Waals surface area contributed by atoms with E-state index in [1.54, 1.807) is 11.3 Å². The van der Waals surface area contributed by atoms with Crippen LogP contribution in [0.2, 0.25) is 0 Å². The zero-order valence-corrected chi connectivity index (χ0v) is 9.87. The Bertz CT molecular complexity index is 404. The number of imide groups is 1. The summed E-state index contributed by atoms with van der Waals surface area (Å²) in [6.07, 6.45) is 4.45. The molecule has 0 spiro atoms. The van der Waals surface area contributed by atoms with Crippen LogP contribution in [0.4, 0.5) is 0 Å². The van der Waals surface area contributed by atoms with Gasteiger partial charge in [-0.3, -0.25) is 14.5 Å². The molecular weight excluding hydrogens is 222 g/mol. The molecule has 1 atom stereocenters. The van der Waals surface area contributed by atoms with E-state index in [2.05, 4.69) is 6.92 Å². The van der Waals surface area contributed by atoms with Crippen LogP contribution in [0.15, 0.2) is 29.7 Å². The first kappa shape index (κ1) is 11.1. The Kier molecular flexibility index (Phi) is 3.19. The van der Waals surface area contributed by atoms with Gasteiger partial charge in [0.15, 0.2) is 0 Å². The summed E-state index contributed by atoms with van der Waals surface area (Å²) in [5.41, 5.74) is 0. The van der Waals surface area contributed by atoms with Crippen LogP contribution >= 0.6 is 11.3 Å². The van der Waals surface area contributed by atoms with Crippen molar-refractivity contribution in [2.45, 2.75) is 25.8 Å². The maximum atomic E-state index is 11.6. The number of hydrogen-bond donors (Lipinski definition) is 0. The first-order chi connectivity index (χ1) is 7.74. The zero-order chi connectivity index (χ0) is 11.5. The van der Waals surface area contributed by atoms with Gasteiger partial charge in [-0.25, -0.2) is 0 Å². The van der Waals surface area contributed by atoms with Crippen LogP contribution in [0.3, 0.4) is 0 Å². The molecule has 2 rings (SSSR count). The molecule has 0 saturated heterocycles. The average Bonchev–Trinajstić information content (AvgIpc) is 2.87. The molecule has 1 aliphatic heterocycles. The Hall–Kier alpha value is -1.42. The molecule has 0 aliphatic carbocycles. The molecule has 3 nitrogen and oxygen atoms in total. The van der Waals surface area contributed by atoms with Gasteiger partial charge in [0.25, 0.3) is 11.8 Å². The van der Waals surface area contributed by atoms with Crippen molar-refractivity contribution < 1.29 is 9.59 Å². The summed E-state index contributed by atoms with van der Waals surface area (Å²) in [6, 6.07) is 3.82. The third-order valence-corrected chi connectivity index (χ3v) is 3.56. The second-order valence-corrected chi connectivity index (χ2v) is 4.68. The lowest BCUT2D eigenvalue weighted by atomic mass is 10.1. The van der Waals surface area contributed by atoms with Gasteiger partial charge in [0.2, 0.25) is 0 Å². The standard InChI is InChI=1S/C12H13NO2S/c1-2-4-9(10-5-3-8-16-10)13-11(14)6-7-12(13)15/h3,5-9H,2,4H2,1H3. The molecule has 1 aromatic rings. The number of carbonyl (C=O) groups is 2. The summed E-state index contributed by atoms with van der Waals surface area (Å²) in [5.74, 6) is -0.395. The van der Waals surface area contributed by atoms with Crippen LogP contribution in [0.5, 0.6) is 0 Å². The van der Waals surface area contributed by atoms with E-state index in [1.165, 1.54) is 17.1 Å². The molecule has 2 heterocycles. The van der Waals surface area contributed by atoms with Crippen molar-refractivity contribution >= 4 is 23.2 Å². The zero-order valence-electron chi connectivity index (χ0n) is 9.05. The van der Waals surface area contributed by atoms with Gasteiger partial charge in [0.05, 0.1) is 6.04 Å². The minimum Gasteiger partial charge on any atom is -0.269 e. The van der Waals surface area contributed by atoms with Crippen molar-refractivity contribution in [3.05, 3.63) is 34.5 Å². The number of rotatable bonds is 4. The lowest BCUT2D eigenvalue weighted by molar-refractivity contribution is -0.139. The maximum absolute atomic E-state index is 11.6. The van der Waals surface area contributed by atoms with E-state index in [0.717, 1.165) is 17.7 Å². The molecule has 0 saturated carbocycles. The molecule has 0 bridgehead atoms. The summed E-state index contributed by atoms with van der Waals surface area (Å²) in [4.78, 5) is 25.7. The fourth-order valence-electron chi connectivity index (χ4n) is 1.87. The highest BCUT2D eigenvalue weighted by Crippen LogP contribution is 2.31. The Morgan fingerprint density at radius 2 is 2.00 bits per heavy atom. The van der Waals surface area contributed by atoms with Crippen molar-refractivity contribution in [1.82, 2.24) is 4.90 Å². The molecule has 0 radical (unpaired) electrons. The summed E-state index contributed by atoms with van der Waals surface area (Å²) in [6.45, 7) is 2.05. The number of amides is 2. The highest BCUT2D eigenvalue weighted by molar-refractivity contribution is 7.10. The number of nitrogens with zero attached hydrogens (tertiary/aromatic N) is 1. The third kappa shape index (κ3) is 1.93. The predicted molar refractivity (Wildman–Crippen MR) is 63.0 cm³/mol. The second kappa shape index (κ2) is 4.61. The maximum Gasteiger partial charge on any atom is 0.254 e. The van der Waals surface area contributed by atoms with Crippen molar-refractivity contribution in [3.8, 4) is 0 Å². The van der Waals surface area contributed by atoms with E-state index in [9.17, 15) is 9.59 Å². The molecule has 0 aromatic carbocycles. The van der Waals surface area contributed by atoms with E-state index >= 15 is 0 Å². The van der Waals surface area contributed by atoms with Gasteiger partial charge in [0.1, 0.15) is 0 Å². The molecule has 1 unspecified atom stereocenters. The normalized spacial score (nSPS) is 17.2. The molecule has 2 amide bonds. The van der Waals surface area contributed by atoms with Gasteiger partial charge >= 0.3 is 0 Å². The van der Waals surface area contributed by atoms with Crippen molar-refractivity contribution in [2.75, 3.05) is 0 Å². The van der Waals surface area contributed by atoms with E-state index < -0.39 is 0 Å². The van der Waals surface area contributed by atoms with Crippen LogP contribution in [0.1, 0.15) is 30.7 Å². The monoisotopic (exact) mass is 235 g/mol. The van der Waals surface area contributed by atoms with Crippen LogP contribution in [0.25, 0.3) is 0 Å². The van der Waals surface area contributed by atoms with Gasteiger partial charge in [-0.2, -0.15) is 0 Å². The molecule has 0 fully saturated rings. The van der Waals surface area contributed by atoms with Crippen molar-refractivity contribution in [2.24, 2.45) is 0 Å². The van der Waals surface area contributed by atoms with Crippen LogP contribution in [0, 0.1) is 0 Å². The van der Waals surface area contributed by atoms with Gasteiger partial charge in [0, 0.05) is 17.0 Å². The Labute approximate surface area is 98.4 Å². The Balaban J connectivity index is 2.27. The first-order valence-electron chi connectivity index (χ1n) is 5.32. The fourth-order valence-corrected chi connectivity index (χ4v) is 2.72. The van der Waals surface area contributed by atoms with E-state index in [-0.39, 0.29) is 17.9 Å². The summed E-state index contributed by atoms with van der Waals surface area (Å²) in [5, 5.41) is 1.97. The van der Waals surface area contributed by atoms with Crippen LogP contribution in [-0.2, 0) is 9.59 Å². The van der Waals surface area contributed by atoms with Crippen LogP contribution < -0.4 is 0 Å². The van der Waals surface area contributed by atoms with E-state index in [0.29, 0.717) is 0 Å². The molecule has 16 heavy (non-hydrogen) atoms. The predicted octanol–water partition coefficient (Wildman–Crippen LogP) is 2.51.